The quantitative estimate of drug-likeness (QED) is 0.220. The number of fused-ring (bicyclic) bond motifs is 1. The highest BCUT2D eigenvalue weighted by Gasteiger charge is 2.17. The molecule has 0 bridgehead atoms. The number of aryl methyl sites for hydroxylation is 1. The van der Waals surface area contributed by atoms with Crippen molar-refractivity contribution in [1.29, 1.82) is 0 Å². The van der Waals surface area contributed by atoms with E-state index in [2.05, 4.69) is 26.0 Å². The van der Waals surface area contributed by atoms with Crippen molar-refractivity contribution < 1.29 is 23.7 Å². The first-order valence-corrected chi connectivity index (χ1v) is 12.5. The molecule has 0 fully saturated rings. The van der Waals surface area contributed by atoms with Gasteiger partial charge >= 0.3 is 0 Å². The van der Waals surface area contributed by atoms with E-state index < -0.39 is 0 Å². The topological polar surface area (TPSA) is 46.2 Å². The van der Waals surface area contributed by atoms with E-state index >= 15 is 0 Å². The van der Waals surface area contributed by atoms with E-state index in [9.17, 15) is 0 Å². The molecule has 0 aromatic heterocycles. The van der Waals surface area contributed by atoms with Gasteiger partial charge < -0.3 is 23.7 Å². The van der Waals surface area contributed by atoms with Gasteiger partial charge in [0.05, 0.1) is 33.0 Å². The lowest BCUT2D eigenvalue weighted by Gasteiger charge is -2.12. The Labute approximate surface area is 189 Å². The van der Waals surface area contributed by atoms with Crippen LogP contribution in [0, 0.1) is 0 Å². The predicted octanol–water partition coefficient (Wildman–Crippen LogP) is 6.45. The molecule has 5 nitrogen and oxygen atoms in total. The van der Waals surface area contributed by atoms with E-state index in [4.69, 9.17) is 23.7 Å². The maximum Gasteiger partial charge on any atom is 0.231 e. The molecule has 0 spiro atoms. The van der Waals surface area contributed by atoms with Crippen molar-refractivity contribution in [3.63, 3.8) is 0 Å². The molecule has 5 heteroatoms. The lowest BCUT2D eigenvalue weighted by Crippen LogP contribution is -2.10. The fourth-order valence-corrected chi connectivity index (χ4v) is 3.71. The number of benzene rings is 1. The molecule has 0 N–H and O–H groups in total. The largest absolute Gasteiger partial charge is 0.454 e. The fourth-order valence-electron chi connectivity index (χ4n) is 3.71. The van der Waals surface area contributed by atoms with Crippen LogP contribution in [0.4, 0.5) is 0 Å². The van der Waals surface area contributed by atoms with Crippen molar-refractivity contribution in [3.05, 3.63) is 23.3 Å². The van der Waals surface area contributed by atoms with Crippen LogP contribution in [0.5, 0.6) is 11.5 Å². The zero-order valence-electron chi connectivity index (χ0n) is 19.9. The summed E-state index contributed by atoms with van der Waals surface area (Å²) in [6.07, 6.45) is 14.0. The van der Waals surface area contributed by atoms with Gasteiger partial charge in [-0.05, 0) is 42.5 Å². The van der Waals surface area contributed by atoms with Gasteiger partial charge in [0.1, 0.15) is 0 Å². The van der Waals surface area contributed by atoms with Crippen LogP contribution in [0.15, 0.2) is 12.1 Å². The average molecular weight is 437 g/mol. The summed E-state index contributed by atoms with van der Waals surface area (Å²) >= 11 is 0. The van der Waals surface area contributed by atoms with E-state index in [1.807, 2.05) is 0 Å². The van der Waals surface area contributed by atoms with Crippen LogP contribution < -0.4 is 9.47 Å². The van der Waals surface area contributed by atoms with Gasteiger partial charge in [-0.15, -0.1) is 0 Å². The Morgan fingerprint density at radius 3 is 1.84 bits per heavy atom. The number of ether oxygens (including phenoxy) is 5. The number of unbranched alkanes of at least 4 members (excludes halogenated alkanes) is 8. The molecular weight excluding hydrogens is 392 g/mol. The Hall–Kier alpha value is -1.30. The summed E-state index contributed by atoms with van der Waals surface area (Å²) in [6.45, 7) is 8.61. The highest BCUT2D eigenvalue weighted by Crippen LogP contribution is 2.35. The van der Waals surface area contributed by atoms with Gasteiger partial charge in [0.25, 0.3) is 0 Å². The van der Waals surface area contributed by atoms with E-state index in [1.54, 1.807) is 0 Å². The number of rotatable bonds is 20. The van der Waals surface area contributed by atoms with E-state index in [0.717, 1.165) is 37.4 Å². The lowest BCUT2D eigenvalue weighted by molar-refractivity contribution is 0.0101. The zero-order chi connectivity index (χ0) is 22.0. The number of hydrogen-bond donors (Lipinski definition) is 0. The summed E-state index contributed by atoms with van der Waals surface area (Å²) in [5.74, 6) is 1.70. The van der Waals surface area contributed by atoms with Crippen LogP contribution in [0.1, 0.15) is 89.2 Å². The normalized spacial score (nSPS) is 12.6. The second-order valence-electron chi connectivity index (χ2n) is 8.33. The fraction of sp³-hybridized carbons (Fsp3) is 0.769. The summed E-state index contributed by atoms with van der Waals surface area (Å²) in [6, 6.07) is 4.23. The van der Waals surface area contributed by atoms with Crippen molar-refractivity contribution in [3.8, 4) is 11.5 Å². The Bertz CT molecular complexity index is 575. The van der Waals surface area contributed by atoms with Crippen molar-refractivity contribution in [1.82, 2.24) is 0 Å². The third-order valence-corrected chi connectivity index (χ3v) is 5.64. The maximum atomic E-state index is 5.89. The minimum atomic E-state index is 0.311. The highest BCUT2D eigenvalue weighted by molar-refractivity contribution is 5.48. The van der Waals surface area contributed by atoms with Crippen LogP contribution >= 0.6 is 0 Å². The molecule has 0 saturated carbocycles. The second-order valence-corrected chi connectivity index (χ2v) is 8.33. The highest BCUT2D eigenvalue weighted by atomic mass is 16.7. The molecule has 0 atom stereocenters. The summed E-state index contributed by atoms with van der Waals surface area (Å²) in [5.41, 5.74) is 2.52. The van der Waals surface area contributed by atoms with Crippen LogP contribution in [-0.2, 0) is 27.2 Å². The van der Waals surface area contributed by atoms with Crippen LogP contribution in [0.2, 0.25) is 0 Å². The summed E-state index contributed by atoms with van der Waals surface area (Å²) < 4.78 is 28.1. The van der Waals surface area contributed by atoms with Gasteiger partial charge in [-0.3, -0.25) is 0 Å². The standard InChI is InChI=1S/C26H44O5/c1-3-5-7-8-9-10-11-12-13-23-19-25-26(31-22-30-25)20-24(23)21-29-18-17-28-16-15-27-14-6-4-2/h19-20H,3-18,21-22H2,1-2H3. The molecule has 1 aliphatic rings. The smallest absolute Gasteiger partial charge is 0.231 e. The van der Waals surface area contributed by atoms with Gasteiger partial charge in [0.15, 0.2) is 11.5 Å². The Morgan fingerprint density at radius 2 is 1.16 bits per heavy atom. The molecule has 2 rings (SSSR count). The molecule has 1 heterocycles. The molecule has 0 radical (unpaired) electrons. The predicted molar refractivity (Wildman–Crippen MR) is 125 cm³/mol. The Balaban J connectivity index is 1.64. The first-order chi connectivity index (χ1) is 15.3. The second kappa shape index (κ2) is 17.3. The Morgan fingerprint density at radius 1 is 0.613 bits per heavy atom. The first-order valence-electron chi connectivity index (χ1n) is 12.5. The summed E-state index contributed by atoms with van der Waals surface area (Å²) in [7, 11) is 0. The first kappa shape index (κ1) is 26.0. The molecule has 0 amide bonds. The van der Waals surface area contributed by atoms with Crippen molar-refractivity contribution in [2.45, 2.75) is 91.1 Å². The van der Waals surface area contributed by atoms with Gasteiger partial charge in [-0.25, -0.2) is 0 Å². The Kier molecular flexibility index (Phi) is 14.5. The van der Waals surface area contributed by atoms with Crippen molar-refractivity contribution >= 4 is 0 Å². The van der Waals surface area contributed by atoms with Crippen LogP contribution in [0.25, 0.3) is 0 Å². The van der Waals surface area contributed by atoms with Crippen LogP contribution in [0.3, 0.4) is 0 Å². The van der Waals surface area contributed by atoms with E-state index in [1.165, 1.54) is 62.5 Å². The molecule has 0 saturated heterocycles. The van der Waals surface area contributed by atoms with Gasteiger partial charge in [0.2, 0.25) is 6.79 Å². The third-order valence-electron chi connectivity index (χ3n) is 5.64. The zero-order valence-corrected chi connectivity index (χ0v) is 19.9. The minimum Gasteiger partial charge on any atom is -0.454 e. The summed E-state index contributed by atoms with van der Waals surface area (Å²) in [4.78, 5) is 0. The minimum absolute atomic E-state index is 0.311. The van der Waals surface area contributed by atoms with Gasteiger partial charge in [-0.1, -0.05) is 65.2 Å². The molecular formula is C26H44O5. The monoisotopic (exact) mass is 436 g/mol. The van der Waals surface area contributed by atoms with Crippen molar-refractivity contribution in [2.75, 3.05) is 39.8 Å². The molecule has 1 aromatic rings. The third kappa shape index (κ3) is 11.2. The molecule has 31 heavy (non-hydrogen) atoms. The average Bonchev–Trinajstić information content (AvgIpc) is 3.24. The SMILES string of the molecule is CCCCCCCCCCc1cc2c(cc1COCCOCCOCCCC)OCO2. The lowest BCUT2D eigenvalue weighted by atomic mass is 9.99. The van der Waals surface area contributed by atoms with Crippen molar-refractivity contribution in [2.24, 2.45) is 0 Å². The van der Waals surface area contributed by atoms with Gasteiger partial charge in [0, 0.05) is 6.61 Å². The maximum absolute atomic E-state index is 5.89. The molecule has 0 aliphatic carbocycles. The summed E-state index contributed by atoms with van der Waals surface area (Å²) in [5, 5.41) is 0. The molecule has 1 aromatic carbocycles. The number of hydrogen-bond acceptors (Lipinski definition) is 5. The molecule has 0 unspecified atom stereocenters. The van der Waals surface area contributed by atoms with Crippen LogP contribution in [-0.4, -0.2) is 39.8 Å². The van der Waals surface area contributed by atoms with E-state index in [0.29, 0.717) is 39.8 Å². The van der Waals surface area contributed by atoms with Gasteiger partial charge in [-0.2, -0.15) is 0 Å². The van der Waals surface area contributed by atoms with E-state index in [-0.39, 0.29) is 0 Å². The molecule has 178 valence electrons. The molecule has 1 aliphatic heterocycles.